The molecule has 0 fully saturated rings. The Morgan fingerprint density at radius 3 is 2.60 bits per heavy atom. The van der Waals surface area contributed by atoms with E-state index in [1.54, 1.807) is 0 Å². The number of hydrogen-bond donors (Lipinski definition) is 2. The van der Waals surface area contributed by atoms with Crippen LogP contribution >= 0.6 is 0 Å². The molecule has 0 aliphatic carbocycles. The van der Waals surface area contributed by atoms with Gasteiger partial charge in [0, 0.05) is 18.0 Å². The minimum absolute atomic E-state index is 0.170. The normalized spacial score (nSPS) is 12.8. The second kappa shape index (κ2) is 7.24. The number of nitrogens with two attached hydrogens (primary N) is 1. The molecule has 4 heteroatoms. The summed E-state index contributed by atoms with van der Waals surface area (Å²) in [6.45, 7) is 5.25. The molecular weight excluding hydrogens is 252 g/mol. The van der Waals surface area contributed by atoms with E-state index in [0.717, 1.165) is 16.5 Å². The van der Waals surface area contributed by atoms with Gasteiger partial charge < -0.3 is 10.1 Å². The Hall–Kier alpha value is -1.62. The van der Waals surface area contributed by atoms with Crippen LogP contribution in [0.2, 0.25) is 0 Å². The predicted octanol–water partition coefficient (Wildman–Crippen LogP) is 2.48. The molecule has 0 saturated heterocycles. The predicted molar refractivity (Wildman–Crippen MR) is 81.6 cm³/mol. The Morgan fingerprint density at radius 1 is 1.10 bits per heavy atom. The lowest BCUT2D eigenvalue weighted by atomic mass is 10.1. The topological polar surface area (TPSA) is 56.5 Å². The van der Waals surface area contributed by atoms with Gasteiger partial charge in [0.15, 0.2) is 0 Å². The standard InChI is InChI=1S/C16H22N2O2/c1-12(2)18-10-14(20-17)11-19-16-9-5-7-13-6-3-4-8-15(13)16/h3-9,12,14,18H,10-11,17H2,1-2H3. The summed E-state index contributed by atoms with van der Waals surface area (Å²) < 4.78 is 5.86. The largest absolute Gasteiger partial charge is 0.490 e. The van der Waals surface area contributed by atoms with Gasteiger partial charge in [-0.3, -0.25) is 4.84 Å². The highest BCUT2D eigenvalue weighted by atomic mass is 16.6. The summed E-state index contributed by atoms with van der Waals surface area (Å²) in [5, 5.41) is 5.55. The molecule has 0 bridgehead atoms. The van der Waals surface area contributed by atoms with Crippen molar-refractivity contribution in [2.75, 3.05) is 13.2 Å². The van der Waals surface area contributed by atoms with Crippen LogP contribution in [0.15, 0.2) is 42.5 Å². The van der Waals surface area contributed by atoms with Crippen LogP contribution in [0.4, 0.5) is 0 Å². The number of benzene rings is 2. The maximum atomic E-state index is 5.86. The van der Waals surface area contributed by atoms with Crippen LogP contribution in [0.1, 0.15) is 13.8 Å². The fraction of sp³-hybridized carbons (Fsp3) is 0.375. The highest BCUT2D eigenvalue weighted by Crippen LogP contribution is 2.25. The minimum atomic E-state index is -0.170. The number of rotatable bonds is 7. The summed E-state index contributed by atoms with van der Waals surface area (Å²) >= 11 is 0. The van der Waals surface area contributed by atoms with Crippen molar-refractivity contribution in [3.05, 3.63) is 42.5 Å². The molecule has 0 amide bonds. The third-order valence-corrected chi connectivity index (χ3v) is 3.12. The van der Waals surface area contributed by atoms with Gasteiger partial charge in [-0.25, -0.2) is 5.90 Å². The molecule has 0 radical (unpaired) electrons. The van der Waals surface area contributed by atoms with Gasteiger partial charge in [0.25, 0.3) is 0 Å². The summed E-state index contributed by atoms with van der Waals surface area (Å²) in [6.07, 6.45) is -0.170. The molecule has 2 rings (SSSR count). The Kier molecular flexibility index (Phi) is 5.35. The van der Waals surface area contributed by atoms with Gasteiger partial charge in [-0.15, -0.1) is 0 Å². The average molecular weight is 274 g/mol. The summed E-state index contributed by atoms with van der Waals surface area (Å²) in [5.74, 6) is 6.17. The van der Waals surface area contributed by atoms with Crippen molar-refractivity contribution < 1.29 is 9.57 Å². The molecule has 1 atom stereocenters. The molecule has 1 unspecified atom stereocenters. The Bertz CT molecular complexity index is 537. The molecule has 2 aromatic rings. The number of nitrogens with one attached hydrogen (secondary N) is 1. The molecule has 108 valence electrons. The van der Waals surface area contributed by atoms with E-state index in [1.165, 1.54) is 0 Å². The first-order valence-electron chi connectivity index (χ1n) is 6.90. The van der Waals surface area contributed by atoms with E-state index in [9.17, 15) is 0 Å². The van der Waals surface area contributed by atoms with E-state index in [2.05, 4.69) is 37.4 Å². The SMILES string of the molecule is CC(C)NCC(COc1cccc2ccccc12)ON. The average Bonchev–Trinajstić information content (AvgIpc) is 2.47. The second-order valence-electron chi connectivity index (χ2n) is 5.11. The minimum Gasteiger partial charge on any atom is -0.490 e. The third-order valence-electron chi connectivity index (χ3n) is 3.12. The van der Waals surface area contributed by atoms with E-state index in [1.807, 2.05) is 24.3 Å². The molecule has 2 aromatic carbocycles. The van der Waals surface area contributed by atoms with Crippen molar-refractivity contribution in [3.8, 4) is 5.75 Å². The van der Waals surface area contributed by atoms with Crippen molar-refractivity contribution in [1.29, 1.82) is 0 Å². The van der Waals surface area contributed by atoms with Crippen LogP contribution in [0.3, 0.4) is 0 Å². The van der Waals surface area contributed by atoms with Crippen LogP contribution in [-0.4, -0.2) is 25.3 Å². The molecular formula is C16H22N2O2. The molecule has 4 nitrogen and oxygen atoms in total. The first kappa shape index (κ1) is 14.8. The van der Waals surface area contributed by atoms with Crippen LogP contribution in [0.5, 0.6) is 5.75 Å². The van der Waals surface area contributed by atoms with Crippen LogP contribution in [-0.2, 0) is 4.84 Å². The van der Waals surface area contributed by atoms with E-state index < -0.39 is 0 Å². The molecule has 0 aliphatic heterocycles. The fourth-order valence-corrected chi connectivity index (χ4v) is 2.02. The van der Waals surface area contributed by atoms with Gasteiger partial charge in [-0.2, -0.15) is 0 Å². The Morgan fingerprint density at radius 2 is 1.85 bits per heavy atom. The van der Waals surface area contributed by atoms with E-state index in [-0.39, 0.29) is 6.10 Å². The summed E-state index contributed by atoms with van der Waals surface area (Å²) in [4.78, 5) is 4.95. The molecule has 0 heterocycles. The van der Waals surface area contributed by atoms with Crippen LogP contribution in [0, 0.1) is 0 Å². The van der Waals surface area contributed by atoms with Crippen molar-refractivity contribution in [3.63, 3.8) is 0 Å². The van der Waals surface area contributed by atoms with Crippen LogP contribution in [0.25, 0.3) is 10.8 Å². The van der Waals surface area contributed by atoms with Crippen molar-refractivity contribution in [1.82, 2.24) is 5.32 Å². The highest BCUT2D eigenvalue weighted by Gasteiger charge is 2.10. The Balaban J connectivity index is 2.01. The van der Waals surface area contributed by atoms with Crippen molar-refractivity contribution in [2.45, 2.75) is 26.0 Å². The van der Waals surface area contributed by atoms with Gasteiger partial charge in [-0.1, -0.05) is 50.2 Å². The molecule has 0 spiro atoms. The first-order valence-corrected chi connectivity index (χ1v) is 6.90. The van der Waals surface area contributed by atoms with E-state index >= 15 is 0 Å². The summed E-state index contributed by atoms with van der Waals surface area (Å²) in [6, 6.07) is 14.6. The Labute approximate surface area is 119 Å². The van der Waals surface area contributed by atoms with Gasteiger partial charge in [0.1, 0.15) is 18.5 Å². The van der Waals surface area contributed by atoms with Gasteiger partial charge in [-0.05, 0) is 11.5 Å². The molecule has 3 N–H and O–H groups in total. The number of ether oxygens (including phenoxy) is 1. The van der Waals surface area contributed by atoms with Crippen molar-refractivity contribution >= 4 is 10.8 Å². The maximum Gasteiger partial charge on any atom is 0.127 e. The van der Waals surface area contributed by atoms with Crippen LogP contribution < -0.4 is 16.0 Å². The van der Waals surface area contributed by atoms with Gasteiger partial charge >= 0.3 is 0 Å². The first-order chi connectivity index (χ1) is 9.70. The maximum absolute atomic E-state index is 5.86. The summed E-state index contributed by atoms with van der Waals surface area (Å²) in [7, 11) is 0. The molecule has 0 aromatic heterocycles. The van der Waals surface area contributed by atoms with Gasteiger partial charge in [0.05, 0.1) is 0 Å². The quantitative estimate of drug-likeness (QED) is 0.762. The number of hydrogen-bond acceptors (Lipinski definition) is 4. The highest BCUT2D eigenvalue weighted by molar-refractivity contribution is 5.88. The molecule has 0 aliphatic rings. The lowest BCUT2D eigenvalue weighted by molar-refractivity contribution is 0.0195. The number of fused-ring (bicyclic) bond motifs is 1. The zero-order chi connectivity index (χ0) is 14.4. The monoisotopic (exact) mass is 274 g/mol. The lowest BCUT2D eigenvalue weighted by Gasteiger charge is -2.18. The van der Waals surface area contributed by atoms with E-state index in [0.29, 0.717) is 19.2 Å². The molecule has 0 saturated carbocycles. The third kappa shape index (κ3) is 3.93. The zero-order valence-electron chi connectivity index (χ0n) is 12.0. The van der Waals surface area contributed by atoms with Crippen molar-refractivity contribution in [2.24, 2.45) is 5.90 Å². The van der Waals surface area contributed by atoms with Gasteiger partial charge in [0.2, 0.25) is 0 Å². The second-order valence-corrected chi connectivity index (χ2v) is 5.11. The molecule has 20 heavy (non-hydrogen) atoms. The smallest absolute Gasteiger partial charge is 0.127 e. The summed E-state index contributed by atoms with van der Waals surface area (Å²) in [5.41, 5.74) is 0. The van der Waals surface area contributed by atoms with E-state index in [4.69, 9.17) is 15.5 Å². The fourth-order valence-electron chi connectivity index (χ4n) is 2.02. The lowest BCUT2D eigenvalue weighted by Crippen LogP contribution is -2.38. The zero-order valence-corrected chi connectivity index (χ0v) is 12.0.